The van der Waals surface area contributed by atoms with Crippen molar-refractivity contribution in [2.45, 2.75) is 43.5 Å². The number of ether oxygens (including phenoxy) is 2. The zero-order chi connectivity index (χ0) is 21.6. The predicted octanol–water partition coefficient (Wildman–Crippen LogP) is 1.47. The summed E-state index contributed by atoms with van der Waals surface area (Å²) in [5, 5.41) is 2.92. The summed E-state index contributed by atoms with van der Waals surface area (Å²) < 4.78 is 37.8. The molecular weight excluding hydrogens is 406 g/mol. The Morgan fingerprint density at radius 2 is 1.70 bits per heavy atom. The highest BCUT2D eigenvalue weighted by Crippen LogP contribution is 2.22. The van der Waals surface area contributed by atoms with E-state index in [4.69, 9.17) is 9.47 Å². The number of sulfonamides is 1. The van der Waals surface area contributed by atoms with Gasteiger partial charge in [-0.3, -0.25) is 9.69 Å². The first-order valence-electron chi connectivity index (χ1n) is 10.6. The maximum atomic E-state index is 12.7. The SMILES string of the molecule is CC(C)(CNC(=O)COc1ccc(S(=O)(=O)N2CCCCC2)cc1)N1CCOCC1. The Balaban J connectivity index is 1.47. The van der Waals surface area contributed by atoms with Crippen LogP contribution in [-0.2, 0) is 19.6 Å². The molecule has 0 aromatic heterocycles. The van der Waals surface area contributed by atoms with Gasteiger partial charge in [-0.25, -0.2) is 8.42 Å². The van der Waals surface area contributed by atoms with Crippen LogP contribution in [0.5, 0.6) is 5.75 Å². The molecule has 2 aliphatic rings. The molecule has 2 heterocycles. The highest BCUT2D eigenvalue weighted by molar-refractivity contribution is 7.89. The van der Waals surface area contributed by atoms with E-state index in [0.717, 1.165) is 32.4 Å². The number of amides is 1. The lowest BCUT2D eigenvalue weighted by molar-refractivity contribution is -0.123. The van der Waals surface area contributed by atoms with Crippen molar-refractivity contribution in [1.29, 1.82) is 0 Å². The molecule has 1 N–H and O–H groups in total. The van der Waals surface area contributed by atoms with Crippen LogP contribution < -0.4 is 10.1 Å². The van der Waals surface area contributed by atoms with Gasteiger partial charge >= 0.3 is 0 Å². The number of carbonyl (C=O) groups excluding carboxylic acids is 1. The molecule has 168 valence electrons. The lowest BCUT2D eigenvalue weighted by atomic mass is 10.0. The molecule has 0 unspecified atom stereocenters. The second-order valence-corrected chi connectivity index (χ2v) is 10.4. The standard InChI is InChI=1S/C21H33N3O5S/c1-21(2,23-12-14-28-15-13-23)17-22-20(25)16-29-18-6-8-19(9-7-18)30(26,27)24-10-4-3-5-11-24/h6-9H,3-5,10-17H2,1-2H3,(H,22,25). The molecule has 1 aromatic rings. The molecule has 1 amide bonds. The molecule has 0 saturated carbocycles. The Kier molecular flexibility index (Phi) is 7.73. The van der Waals surface area contributed by atoms with Crippen molar-refractivity contribution in [3.05, 3.63) is 24.3 Å². The lowest BCUT2D eigenvalue weighted by Gasteiger charge is -2.40. The monoisotopic (exact) mass is 439 g/mol. The zero-order valence-electron chi connectivity index (χ0n) is 17.9. The summed E-state index contributed by atoms with van der Waals surface area (Å²) in [6.45, 7) is 8.87. The fourth-order valence-electron chi connectivity index (χ4n) is 3.76. The molecule has 3 rings (SSSR count). The number of hydrogen-bond acceptors (Lipinski definition) is 6. The third-order valence-corrected chi connectivity index (χ3v) is 7.64. The van der Waals surface area contributed by atoms with Gasteiger partial charge in [0.15, 0.2) is 6.61 Å². The van der Waals surface area contributed by atoms with E-state index in [1.807, 2.05) is 0 Å². The van der Waals surface area contributed by atoms with Crippen LogP contribution in [0.15, 0.2) is 29.2 Å². The van der Waals surface area contributed by atoms with Crippen LogP contribution in [0.3, 0.4) is 0 Å². The zero-order valence-corrected chi connectivity index (χ0v) is 18.7. The third-order valence-electron chi connectivity index (χ3n) is 5.73. The van der Waals surface area contributed by atoms with Gasteiger partial charge < -0.3 is 14.8 Å². The van der Waals surface area contributed by atoms with Gasteiger partial charge in [0.2, 0.25) is 10.0 Å². The number of morpholine rings is 1. The van der Waals surface area contributed by atoms with Crippen molar-refractivity contribution in [3.8, 4) is 5.75 Å². The first-order valence-corrected chi connectivity index (χ1v) is 12.1. The smallest absolute Gasteiger partial charge is 0.258 e. The van der Waals surface area contributed by atoms with Crippen molar-refractivity contribution in [2.75, 3.05) is 52.5 Å². The number of rotatable bonds is 8. The molecule has 2 saturated heterocycles. The van der Waals surface area contributed by atoms with E-state index in [0.29, 0.717) is 38.6 Å². The van der Waals surface area contributed by atoms with E-state index >= 15 is 0 Å². The number of piperidine rings is 1. The van der Waals surface area contributed by atoms with Gasteiger partial charge in [-0.05, 0) is 51.0 Å². The van der Waals surface area contributed by atoms with E-state index in [9.17, 15) is 13.2 Å². The quantitative estimate of drug-likeness (QED) is 0.660. The molecule has 0 bridgehead atoms. The summed E-state index contributed by atoms with van der Waals surface area (Å²) >= 11 is 0. The summed E-state index contributed by atoms with van der Waals surface area (Å²) in [5.74, 6) is 0.261. The first kappa shape index (κ1) is 23.0. The molecule has 9 heteroatoms. The predicted molar refractivity (Wildman–Crippen MR) is 114 cm³/mol. The largest absolute Gasteiger partial charge is 0.484 e. The molecular formula is C21H33N3O5S. The summed E-state index contributed by atoms with van der Waals surface area (Å²) in [4.78, 5) is 14.8. The number of nitrogens with one attached hydrogen (secondary N) is 1. The van der Waals surface area contributed by atoms with Crippen LogP contribution in [0.1, 0.15) is 33.1 Å². The van der Waals surface area contributed by atoms with E-state index in [1.165, 1.54) is 4.31 Å². The van der Waals surface area contributed by atoms with Gasteiger partial charge in [0.05, 0.1) is 18.1 Å². The van der Waals surface area contributed by atoms with Gasteiger partial charge in [-0.15, -0.1) is 0 Å². The Bertz CT molecular complexity index is 798. The highest BCUT2D eigenvalue weighted by atomic mass is 32.2. The molecule has 0 atom stereocenters. The van der Waals surface area contributed by atoms with E-state index in [-0.39, 0.29) is 22.9 Å². The van der Waals surface area contributed by atoms with Crippen LogP contribution in [0.2, 0.25) is 0 Å². The van der Waals surface area contributed by atoms with Crippen molar-refractivity contribution < 1.29 is 22.7 Å². The molecule has 0 aliphatic carbocycles. The minimum atomic E-state index is -3.46. The highest BCUT2D eigenvalue weighted by Gasteiger charge is 2.29. The van der Waals surface area contributed by atoms with Crippen LogP contribution in [-0.4, -0.2) is 81.6 Å². The van der Waals surface area contributed by atoms with Crippen LogP contribution >= 0.6 is 0 Å². The van der Waals surface area contributed by atoms with Gasteiger partial charge in [0.25, 0.3) is 5.91 Å². The Hall–Kier alpha value is -1.68. The molecule has 1 aromatic carbocycles. The second-order valence-electron chi connectivity index (χ2n) is 8.41. The van der Waals surface area contributed by atoms with Gasteiger partial charge in [0.1, 0.15) is 5.75 Å². The van der Waals surface area contributed by atoms with E-state index in [1.54, 1.807) is 24.3 Å². The Labute approximate surface area is 179 Å². The van der Waals surface area contributed by atoms with Crippen LogP contribution in [0.25, 0.3) is 0 Å². The van der Waals surface area contributed by atoms with Gasteiger partial charge in [-0.2, -0.15) is 4.31 Å². The van der Waals surface area contributed by atoms with Crippen LogP contribution in [0, 0.1) is 0 Å². The van der Waals surface area contributed by atoms with Crippen molar-refractivity contribution in [2.24, 2.45) is 0 Å². The molecule has 30 heavy (non-hydrogen) atoms. The summed E-state index contributed by atoms with van der Waals surface area (Å²) in [5.41, 5.74) is -0.163. The van der Waals surface area contributed by atoms with E-state index < -0.39 is 10.0 Å². The maximum Gasteiger partial charge on any atom is 0.258 e. The summed E-state index contributed by atoms with van der Waals surface area (Å²) in [7, 11) is -3.46. The Morgan fingerprint density at radius 3 is 2.33 bits per heavy atom. The Morgan fingerprint density at radius 1 is 1.07 bits per heavy atom. The fraction of sp³-hybridized carbons (Fsp3) is 0.667. The normalized spacial score (nSPS) is 19.4. The lowest BCUT2D eigenvalue weighted by Crippen LogP contribution is -2.55. The van der Waals surface area contributed by atoms with Gasteiger partial charge in [-0.1, -0.05) is 6.42 Å². The minimum absolute atomic E-state index is 0.114. The molecule has 2 aliphatic heterocycles. The van der Waals surface area contributed by atoms with E-state index in [2.05, 4.69) is 24.1 Å². The number of hydrogen-bond donors (Lipinski definition) is 1. The fourth-order valence-corrected chi connectivity index (χ4v) is 5.27. The number of carbonyl (C=O) groups is 1. The summed E-state index contributed by atoms with van der Waals surface area (Å²) in [6, 6.07) is 6.28. The molecule has 0 spiro atoms. The van der Waals surface area contributed by atoms with Crippen molar-refractivity contribution >= 4 is 15.9 Å². The first-order chi connectivity index (χ1) is 14.3. The minimum Gasteiger partial charge on any atom is -0.484 e. The topological polar surface area (TPSA) is 88.2 Å². The second kappa shape index (κ2) is 10.1. The average Bonchev–Trinajstić information content (AvgIpc) is 2.78. The number of benzene rings is 1. The average molecular weight is 440 g/mol. The number of nitrogens with zero attached hydrogens (tertiary/aromatic N) is 2. The maximum absolute atomic E-state index is 12.7. The molecule has 8 nitrogen and oxygen atoms in total. The summed E-state index contributed by atoms with van der Waals surface area (Å²) in [6.07, 6.45) is 2.88. The van der Waals surface area contributed by atoms with Gasteiger partial charge in [0, 0.05) is 38.3 Å². The van der Waals surface area contributed by atoms with Crippen molar-refractivity contribution in [3.63, 3.8) is 0 Å². The van der Waals surface area contributed by atoms with Crippen molar-refractivity contribution in [1.82, 2.24) is 14.5 Å². The molecule has 2 fully saturated rings. The third kappa shape index (κ3) is 5.94. The molecule has 0 radical (unpaired) electrons. The van der Waals surface area contributed by atoms with Crippen LogP contribution in [0.4, 0.5) is 0 Å².